The van der Waals surface area contributed by atoms with Gasteiger partial charge in [0.15, 0.2) is 0 Å². The standard InChI is InChI=1S/C16H24N2O2/c1-20-15-9-5-4-8-14(15)18-16(19)12-17-11-10-13-6-2-3-7-13/h4-5,8-9,13,17H,2-3,6-7,10-12H2,1H3,(H,18,19). The second-order valence-electron chi connectivity index (χ2n) is 5.36. The van der Waals surface area contributed by atoms with Gasteiger partial charge < -0.3 is 15.4 Å². The second-order valence-corrected chi connectivity index (χ2v) is 5.36. The van der Waals surface area contributed by atoms with Crippen molar-refractivity contribution in [1.29, 1.82) is 0 Å². The Hall–Kier alpha value is -1.55. The summed E-state index contributed by atoms with van der Waals surface area (Å²) in [4.78, 5) is 11.8. The third-order valence-corrected chi connectivity index (χ3v) is 3.87. The lowest BCUT2D eigenvalue weighted by molar-refractivity contribution is -0.115. The molecule has 0 heterocycles. The maximum absolute atomic E-state index is 11.8. The molecule has 110 valence electrons. The molecular weight excluding hydrogens is 252 g/mol. The van der Waals surface area contributed by atoms with Crippen LogP contribution in [0.4, 0.5) is 5.69 Å². The number of hydrogen-bond acceptors (Lipinski definition) is 3. The fraction of sp³-hybridized carbons (Fsp3) is 0.562. The average Bonchev–Trinajstić information content (AvgIpc) is 2.97. The van der Waals surface area contributed by atoms with E-state index in [1.807, 2.05) is 24.3 Å². The molecule has 0 atom stereocenters. The molecule has 1 aromatic carbocycles. The van der Waals surface area contributed by atoms with E-state index in [-0.39, 0.29) is 5.91 Å². The van der Waals surface area contributed by atoms with Gasteiger partial charge in [-0.1, -0.05) is 37.8 Å². The molecule has 1 saturated carbocycles. The molecule has 1 aliphatic carbocycles. The van der Waals surface area contributed by atoms with Crippen LogP contribution in [-0.4, -0.2) is 26.1 Å². The first-order chi connectivity index (χ1) is 9.79. The lowest BCUT2D eigenvalue weighted by Crippen LogP contribution is -2.29. The molecule has 2 rings (SSSR count). The summed E-state index contributed by atoms with van der Waals surface area (Å²) in [5.74, 6) is 1.52. The van der Waals surface area contributed by atoms with Crippen molar-refractivity contribution in [2.24, 2.45) is 5.92 Å². The fourth-order valence-electron chi connectivity index (χ4n) is 2.75. The van der Waals surface area contributed by atoms with Crippen LogP contribution in [0.1, 0.15) is 32.1 Å². The maximum Gasteiger partial charge on any atom is 0.238 e. The molecular formula is C16H24N2O2. The van der Waals surface area contributed by atoms with Crippen molar-refractivity contribution in [3.8, 4) is 5.75 Å². The van der Waals surface area contributed by atoms with E-state index < -0.39 is 0 Å². The summed E-state index contributed by atoms with van der Waals surface area (Å²) >= 11 is 0. The van der Waals surface area contributed by atoms with Crippen LogP contribution in [0.3, 0.4) is 0 Å². The highest BCUT2D eigenvalue weighted by Gasteiger charge is 2.14. The van der Waals surface area contributed by atoms with Crippen LogP contribution in [0.5, 0.6) is 5.75 Å². The Bertz CT molecular complexity index is 428. The highest BCUT2D eigenvalue weighted by Crippen LogP contribution is 2.26. The summed E-state index contributed by atoms with van der Waals surface area (Å²) in [6, 6.07) is 7.44. The smallest absolute Gasteiger partial charge is 0.238 e. The molecule has 0 radical (unpaired) electrons. The first-order valence-electron chi connectivity index (χ1n) is 7.43. The topological polar surface area (TPSA) is 50.4 Å². The van der Waals surface area contributed by atoms with Crippen molar-refractivity contribution in [1.82, 2.24) is 5.32 Å². The number of ether oxygens (including phenoxy) is 1. The zero-order chi connectivity index (χ0) is 14.2. The van der Waals surface area contributed by atoms with Gasteiger partial charge >= 0.3 is 0 Å². The van der Waals surface area contributed by atoms with Gasteiger partial charge in [0.05, 0.1) is 19.3 Å². The highest BCUT2D eigenvalue weighted by atomic mass is 16.5. The molecule has 1 amide bonds. The quantitative estimate of drug-likeness (QED) is 0.753. The fourth-order valence-corrected chi connectivity index (χ4v) is 2.75. The minimum absolute atomic E-state index is 0.0269. The van der Waals surface area contributed by atoms with Crippen molar-refractivity contribution in [3.63, 3.8) is 0 Å². The van der Waals surface area contributed by atoms with Gasteiger partial charge in [-0.3, -0.25) is 4.79 Å². The molecule has 0 saturated heterocycles. The van der Waals surface area contributed by atoms with Crippen LogP contribution in [0.15, 0.2) is 24.3 Å². The number of rotatable bonds is 7. The molecule has 20 heavy (non-hydrogen) atoms. The van der Waals surface area contributed by atoms with Crippen molar-refractivity contribution < 1.29 is 9.53 Å². The van der Waals surface area contributed by atoms with Crippen LogP contribution < -0.4 is 15.4 Å². The Balaban J connectivity index is 1.67. The Kier molecular flexibility index (Phi) is 5.87. The molecule has 1 aliphatic rings. The van der Waals surface area contributed by atoms with Crippen molar-refractivity contribution in [2.75, 3.05) is 25.5 Å². The number of carbonyl (C=O) groups is 1. The predicted molar refractivity (Wildman–Crippen MR) is 81.1 cm³/mol. The first-order valence-corrected chi connectivity index (χ1v) is 7.43. The van der Waals surface area contributed by atoms with E-state index in [2.05, 4.69) is 10.6 Å². The average molecular weight is 276 g/mol. The number of hydrogen-bond donors (Lipinski definition) is 2. The number of amides is 1. The van der Waals surface area contributed by atoms with E-state index in [1.165, 1.54) is 32.1 Å². The normalized spacial score (nSPS) is 15.2. The van der Waals surface area contributed by atoms with Gasteiger partial charge in [0.1, 0.15) is 5.75 Å². The van der Waals surface area contributed by atoms with Crippen LogP contribution in [0, 0.1) is 5.92 Å². The Labute approximate surface area is 120 Å². The van der Waals surface area contributed by atoms with Gasteiger partial charge in [0.2, 0.25) is 5.91 Å². The van der Waals surface area contributed by atoms with E-state index in [9.17, 15) is 4.79 Å². The predicted octanol–water partition coefficient (Wildman–Crippen LogP) is 2.80. The lowest BCUT2D eigenvalue weighted by atomic mass is 10.0. The highest BCUT2D eigenvalue weighted by molar-refractivity contribution is 5.93. The lowest BCUT2D eigenvalue weighted by Gasteiger charge is -2.11. The largest absolute Gasteiger partial charge is 0.495 e. The zero-order valence-electron chi connectivity index (χ0n) is 12.2. The summed E-state index contributed by atoms with van der Waals surface area (Å²) < 4.78 is 5.20. The van der Waals surface area contributed by atoms with Crippen molar-refractivity contribution >= 4 is 11.6 Å². The van der Waals surface area contributed by atoms with Crippen LogP contribution >= 0.6 is 0 Å². The number of methoxy groups -OCH3 is 1. The number of para-hydroxylation sites is 2. The second kappa shape index (κ2) is 7.90. The Morgan fingerprint density at radius 1 is 1.30 bits per heavy atom. The summed E-state index contributed by atoms with van der Waals surface area (Å²) in [5, 5.41) is 6.08. The first kappa shape index (κ1) is 14.9. The van der Waals surface area contributed by atoms with Gasteiger partial charge in [0.25, 0.3) is 0 Å². The number of nitrogens with one attached hydrogen (secondary N) is 2. The van der Waals surface area contributed by atoms with Gasteiger partial charge in [-0.25, -0.2) is 0 Å². The summed E-state index contributed by atoms with van der Waals surface area (Å²) in [6.45, 7) is 1.27. The molecule has 2 N–H and O–H groups in total. The number of anilines is 1. The minimum Gasteiger partial charge on any atom is -0.495 e. The zero-order valence-corrected chi connectivity index (χ0v) is 12.2. The maximum atomic E-state index is 11.8. The number of carbonyl (C=O) groups excluding carboxylic acids is 1. The Morgan fingerprint density at radius 3 is 2.80 bits per heavy atom. The summed E-state index contributed by atoms with van der Waals surface area (Å²) in [6.07, 6.45) is 6.64. The molecule has 4 heteroatoms. The van der Waals surface area contributed by atoms with Gasteiger partial charge in [-0.15, -0.1) is 0 Å². The summed E-state index contributed by atoms with van der Waals surface area (Å²) in [7, 11) is 1.60. The third-order valence-electron chi connectivity index (χ3n) is 3.87. The van der Waals surface area contributed by atoms with Crippen LogP contribution in [0.2, 0.25) is 0 Å². The SMILES string of the molecule is COc1ccccc1NC(=O)CNCCC1CCCC1. The molecule has 0 aromatic heterocycles. The van der Waals surface area contributed by atoms with Gasteiger partial charge in [-0.2, -0.15) is 0 Å². The Morgan fingerprint density at radius 2 is 2.05 bits per heavy atom. The monoisotopic (exact) mass is 276 g/mol. The van der Waals surface area contributed by atoms with E-state index in [0.29, 0.717) is 12.3 Å². The van der Waals surface area contributed by atoms with E-state index in [1.54, 1.807) is 7.11 Å². The molecule has 1 aromatic rings. The van der Waals surface area contributed by atoms with Gasteiger partial charge in [0, 0.05) is 0 Å². The molecule has 0 aliphatic heterocycles. The van der Waals surface area contributed by atoms with E-state index in [0.717, 1.165) is 18.2 Å². The van der Waals surface area contributed by atoms with Crippen molar-refractivity contribution in [2.45, 2.75) is 32.1 Å². The molecule has 0 unspecified atom stereocenters. The molecule has 0 spiro atoms. The third kappa shape index (κ3) is 4.53. The van der Waals surface area contributed by atoms with Crippen LogP contribution in [-0.2, 0) is 4.79 Å². The van der Waals surface area contributed by atoms with E-state index >= 15 is 0 Å². The van der Waals surface area contributed by atoms with Gasteiger partial charge in [-0.05, 0) is 31.0 Å². The molecule has 4 nitrogen and oxygen atoms in total. The molecule has 1 fully saturated rings. The van der Waals surface area contributed by atoms with Crippen molar-refractivity contribution in [3.05, 3.63) is 24.3 Å². The van der Waals surface area contributed by atoms with E-state index in [4.69, 9.17) is 4.74 Å². The van der Waals surface area contributed by atoms with Crippen LogP contribution in [0.25, 0.3) is 0 Å². The summed E-state index contributed by atoms with van der Waals surface area (Å²) in [5.41, 5.74) is 0.720. The minimum atomic E-state index is -0.0269. The molecule has 0 bridgehead atoms. The number of benzene rings is 1.